The summed E-state index contributed by atoms with van der Waals surface area (Å²) in [5.74, 6) is -0.151. The van der Waals surface area contributed by atoms with Gasteiger partial charge in [0.15, 0.2) is 11.6 Å². The molecular weight excluding hydrogens is 307 g/mol. The summed E-state index contributed by atoms with van der Waals surface area (Å²) in [7, 11) is 0. The molecule has 0 heterocycles. The van der Waals surface area contributed by atoms with E-state index in [1.165, 1.54) is 6.07 Å². The standard InChI is InChI=1S/C16H23FN2O2.ClH/c17-13-6-1-2-7-14(13)21-11-5-8-15(20)19-16(12-18)9-3-4-10-16;/h1-2,6-7H,3-5,8-12,18H2,(H,19,20);1H. The average molecular weight is 331 g/mol. The fourth-order valence-corrected chi connectivity index (χ4v) is 2.77. The number of benzene rings is 1. The van der Waals surface area contributed by atoms with Crippen molar-refractivity contribution in [2.24, 2.45) is 5.73 Å². The number of carbonyl (C=O) groups is 1. The molecule has 0 aromatic heterocycles. The second-order valence-corrected chi connectivity index (χ2v) is 5.62. The molecular formula is C16H24ClFN2O2. The lowest BCUT2D eigenvalue weighted by molar-refractivity contribution is -0.123. The topological polar surface area (TPSA) is 64.3 Å². The SMILES string of the molecule is Cl.NCC1(NC(=O)CCCOc2ccccc2F)CCCC1. The number of hydrogen-bond donors (Lipinski definition) is 2. The lowest BCUT2D eigenvalue weighted by Gasteiger charge is -2.28. The van der Waals surface area contributed by atoms with Gasteiger partial charge in [-0.3, -0.25) is 4.79 Å². The fourth-order valence-electron chi connectivity index (χ4n) is 2.77. The number of hydrogen-bond acceptors (Lipinski definition) is 3. The maximum absolute atomic E-state index is 13.3. The smallest absolute Gasteiger partial charge is 0.220 e. The van der Waals surface area contributed by atoms with E-state index >= 15 is 0 Å². The van der Waals surface area contributed by atoms with Gasteiger partial charge in [-0.05, 0) is 31.4 Å². The van der Waals surface area contributed by atoms with Gasteiger partial charge in [0.2, 0.25) is 5.91 Å². The van der Waals surface area contributed by atoms with Crippen LogP contribution in [0.5, 0.6) is 5.75 Å². The Hall–Kier alpha value is -1.33. The molecule has 1 aliphatic carbocycles. The minimum atomic E-state index is -0.380. The highest BCUT2D eigenvalue weighted by molar-refractivity contribution is 5.85. The summed E-state index contributed by atoms with van der Waals surface area (Å²) in [6, 6.07) is 6.27. The molecule has 2 rings (SSSR count). The van der Waals surface area contributed by atoms with Gasteiger partial charge in [-0.1, -0.05) is 25.0 Å². The zero-order valence-electron chi connectivity index (χ0n) is 12.6. The van der Waals surface area contributed by atoms with Crippen molar-refractivity contribution in [2.45, 2.75) is 44.1 Å². The van der Waals surface area contributed by atoms with Crippen LogP contribution < -0.4 is 15.8 Å². The molecule has 1 saturated carbocycles. The predicted octanol–water partition coefficient (Wildman–Crippen LogP) is 2.79. The van der Waals surface area contributed by atoms with E-state index in [-0.39, 0.29) is 35.4 Å². The summed E-state index contributed by atoms with van der Waals surface area (Å²) in [6.07, 6.45) is 5.08. The molecule has 0 bridgehead atoms. The number of halogens is 2. The van der Waals surface area contributed by atoms with Crippen LogP contribution in [-0.4, -0.2) is 24.6 Å². The van der Waals surface area contributed by atoms with Crippen LogP contribution in [0.2, 0.25) is 0 Å². The molecule has 3 N–H and O–H groups in total. The van der Waals surface area contributed by atoms with E-state index in [9.17, 15) is 9.18 Å². The van der Waals surface area contributed by atoms with Crippen LogP contribution in [0.4, 0.5) is 4.39 Å². The van der Waals surface area contributed by atoms with E-state index in [1.807, 2.05) is 0 Å². The van der Waals surface area contributed by atoms with E-state index in [1.54, 1.807) is 18.2 Å². The molecule has 0 unspecified atom stereocenters. The van der Waals surface area contributed by atoms with Gasteiger partial charge in [0, 0.05) is 13.0 Å². The Kier molecular flexibility index (Phi) is 7.62. The number of para-hydroxylation sites is 1. The first-order chi connectivity index (χ1) is 10.2. The van der Waals surface area contributed by atoms with Crippen LogP contribution in [0.15, 0.2) is 24.3 Å². The molecule has 1 amide bonds. The van der Waals surface area contributed by atoms with Gasteiger partial charge in [-0.15, -0.1) is 12.4 Å². The van der Waals surface area contributed by atoms with Gasteiger partial charge in [-0.2, -0.15) is 0 Å². The maximum Gasteiger partial charge on any atom is 0.220 e. The number of nitrogens with two attached hydrogens (primary N) is 1. The Morgan fingerprint density at radius 2 is 2.00 bits per heavy atom. The van der Waals surface area contributed by atoms with Crippen molar-refractivity contribution < 1.29 is 13.9 Å². The number of nitrogens with one attached hydrogen (secondary N) is 1. The molecule has 0 atom stereocenters. The lowest BCUT2D eigenvalue weighted by Crippen LogP contribution is -2.51. The molecule has 0 spiro atoms. The van der Waals surface area contributed by atoms with Crippen LogP contribution in [0.25, 0.3) is 0 Å². The summed E-state index contributed by atoms with van der Waals surface area (Å²) in [5, 5.41) is 3.06. The minimum absolute atomic E-state index is 0. The normalized spacial score (nSPS) is 15.9. The van der Waals surface area contributed by atoms with E-state index in [0.29, 0.717) is 26.0 Å². The molecule has 0 saturated heterocycles. The largest absolute Gasteiger partial charge is 0.491 e. The van der Waals surface area contributed by atoms with Crippen LogP contribution in [0, 0.1) is 5.82 Å². The minimum Gasteiger partial charge on any atom is -0.491 e. The highest BCUT2D eigenvalue weighted by Crippen LogP contribution is 2.28. The van der Waals surface area contributed by atoms with Crippen LogP contribution in [0.3, 0.4) is 0 Å². The van der Waals surface area contributed by atoms with Crippen molar-refractivity contribution in [3.05, 3.63) is 30.1 Å². The number of rotatable bonds is 7. The third kappa shape index (κ3) is 5.14. The van der Waals surface area contributed by atoms with E-state index < -0.39 is 0 Å². The van der Waals surface area contributed by atoms with Crippen LogP contribution in [0.1, 0.15) is 38.5 Å². The van der Waals surface area contributed by atoms with Crippen LogP contribution in [-0.2, 0) is 4.79 Å². The van der Waals surface area contributed by atoms with Crippen LogP contribution >= 0.6 is 12.4 Å². The van der Waals surface area contributed by atoms with Gasteiger partial charge in [0.25, 0.3) is 0 Å². The summed E-state index contributed by atoms with van der Waals surface area (Å²) in [6.45, 7) is 0.814. The van der Waals surface area contributed by atoms with Gasteiger partial charge in [0.1, 0.15) is 0 Å². The van der Waals surface area contributed by atoms with E-state index in [0.717, 1.165) is 25.7 Å². The zero-order valence-corrected chi connectivity index (χ0v) is 13.5. The summed E-state index contributed by atoms with van der Waals surface area (Å²) in [4.78, 5) is 11.9. The fraction of sp³-hybridized carbons (Fsp3) is 0.562. The van der Waals surface area contributed by atoms with Crippen molar-refractivity contribution in [1.82, 2.24) is 5.32 Å². The molecule has 1 aromatic carbocycles. The average Bonchev–Trinajstić information content (AvgIpc) is 2.94. The quantitative estimate of drug-likeness (QED) is 0.756. The third-order valence-electron chi connectivity index (χ3n) is 4.00. The van der Waals surface area contributed by atoms with Gasteiger partial charge in [0.05, 0.1) is 12.1 Å². The molecule has 1 aliphatic rings. The lowest BCUT2D eigenvalue weighted by atomic mass is 9.97. The number of amides is 1. The summed E-state index contributed by atoms with van der Waals surface area (Å²) in [5.41, 5.74) is 5.58. The highest BCUT2D eigenvalue weighted by atomic mass is 35.5. The first-order valence-electron chi connectivity index (χ1n) is 7.54. The highest BCUT2D eigenvalue weighted by Gasteiger charge is 2.33. The van der Waals surface area contributed by atoms with Crippen molar-refractivity contribution in [2.75, 3.05) is 13.2 Å². The molecule has 4 nitrogen and oxygen atoms in total. The second-order valence-electron chi connectivity index (χ2n) is 5.62. The molecule has 0 radical (unpaired) electrons. The maximum atomic E-state index is 13.3. The zero-order chi connectivity index (χ0) is 15.1. The Morgan fingerprint density at radius 1 is 1.32 bits per heavy atom. The molecule has 0 aliphatic heterocycles. The van der Waals surface area contributed by atoms with Crippen molar-refractivity contribution in [3.8, 4) is 5.75 Å². The molecule has 124 valence electrons. The first kappa shape index (κ1) is 18.7. The van der Waals surface area contributed by atoms with E-state index in [2.05, 4.69) is 5.32 Å². The summed E-state index contributed by atoms with van der Waals surface area (Å²) < 4.78 is 18.7. The van der Waals surface area contributed by atoms with Gasteiger partial charge in [-0.25, -0.2) is 4.39 Å². The number of ether oxygens (including phenoxy) is 1. The predicted molar refractivity (Wildman–Crippen MR) is 86.8 cm³/mol. The third-order valence-corrected chi connectivity index (χ3v) is 4.00. The van der Waals surface area contributed by atoms with E-state index in [4.69, 9.17) is 10.5 Å². The molecule has 22 heavy (non-hydrogen) atoms. The van der Waals surface area contributed by atoms with Gasteiger partial charge >= 0.3 is 0 Å². The second kappa shape index (κ2) is 8.96. The van der Waals surface area contributed by atoms with Gasteiger partial charge < -0.3 is 15.8 Å². The summed E-state index contributed by atoms with van der Waals surface area (Å²) >= 11 is 0. The first-order valence-corrected chi connectivity index (χ1v) is 7.54. The monoisotopic (exact) mass is 330 g/mol. The Balaban J connectivity index is 0.00000242. The molecule has 1 aromatic rings. The Labute approximate surface area is 137 Å². The Morgan fingerprint density at radius 3 is 2.64 bits per heavy atom. The Bertz CT molecular complexity index is 479. The molecule has 1 fully saturated rings. The van der Waals surface area contributed by atoms with Crippen molar-refractivity contribution in [1.29, 1.82) is 0 Å². The number of carbonyl (C=O) groups excluding carboxylic acids is 1. The molecule has 6 heteroatoms. The van der Waals surface area contributed by atoms with Crippen molar-refractivity contribution >= 4 is 18.3 Å². The van der Waals surface area contributed by atoms with Crippen molar-refractivity contribution in [3.63, 3.8) is 0 Å².